The molecule has 0 fully saturated rings. The molecular formula is C18H23ClIN3O2. The number of nitrogens with one attached hydrogen (secondary N) is 1. The zero-order chi connectivity index (χ0) is 17.5. The van der Waals surface area contributed by atoms with E-state index in [4.69, 9.17) is 26.8 Å². The van der Waals surface area contributed by atoms with Crippen molar-refractivity contribution in [3.05, 3.63) is 53.1 Å². The molecule has 2 aromatic carbocycles. The first kappa shape index (κ1) is 21.4. The summed E-state index contributed by atoms with van der Waals surface area (Å²) in [7, 11) is 1.57. The van der Waals surface area contributed by atoms with Gasteiger partial charge in [-0.3, -0.25) is 0 Å². The molecule has 0 aliphatic carbocycles. The summed E-state index contributed by atoms with van der Waals surface area (Å²) in [5, 5.41) is 3.52. The SMILES string of the molecule is COc1ccc(NC(N)=NCc2ccc(OC(C)C)cc2)cc1Cl.I. The van der Waals surface area contributed by atoms with Gasteiger partial charge in [0.15, 0.2) is 5.96 Å². The van der Waals surface area contributed by atoms with Crippen molar-refractivity contribution >= 4 is 47.2 Å². The number of ether oxygens (including phenoxy) is 2. The molecule has 0 bridgehead atoms. The van der Waals surface area contributed by atoms with Crippen LogP contribution in [0.25, 0.3) is 0 Å². The van der Waals surface area contributed by atoms with Crippen molar-refractivity contribution in [1.29, 1.82) is 0 Å². The van der Waals surface area contributed by atoms with Gasteiger partial charge >= 0.3 is 0 Å². The quantitative estimate of drug-likeness (QED) is 0.362. The topological polar surface area (TPSA) is 68.9 Å². The zero-order valence-corrected chi connectivity index (χ0v) is 17.5. The summed E-state index contributed by atoms with van der Waals surface area (Å²) < 4.78 is 10.7. The van der Waals surface area contributed by atoms with Crippen LogP contribution in [-0.2, 0) is 6.54 Å². The number of rotatable bonds is 6. The largest absolute Gasteiger partial charge is 0.495 e. The Labute approximate surface area is 170 Å². The molecular weight excluding hydrogens is 453 g/mol. The predicted molar refractivity (Wildman–Crippen MR) is 115 cm³/mol. The second kappa shape index (κ2) is 10.4. The van der Waals surface area contributed by atoms with E-state index < -0.39 is 0 Å². The van der Waals surface area contributed by atoms with Gasteiger partial charge < -0.3 is 20.5 Å². The van der Waals surface area contributed by atoms with Crippen LogP contribution in [0.4, 0.5) is 5.69 Å². The van der Waals surface area contributed by atoms with Crippen LogP contribution in [-0.4, -0.2) is 19.2 Å². The molecule has 0 atom stereocenters. The van der Waals surface area contributed by atoms with Gasteiger partial charge in [-0.05, 0) is 49.7 Å². The Bertz CT molecular complexity index is 706. The number of benzene rings is 2. The van der Waals surface area contributed by atoms with Crippen molar-refractivity contribution in [2.75, 3.05) is 12.4 Å². The maximum atomic E-state index is 6.08. The summed E-state index contributed by atoms with van der Waals surface area (Å²) in [6, 6.07) is 13.1. The first-order valence-electron chi connectivity index (χ1n) is 7.64. The number of methoxy groups -OCH3 is 1. The van der Waals surface area contributed by atoms with Crippen LogP contribution < -0.4 is 20.5 Å². The zero-order valence-electron chi connectivity index (χ0n) is 14.5. The van der Waals surface area contributed by atoms with Gasteiger partial charge in [0.1, 0.15) is 11.5 Å². The van der Waals surface area contributed by atoms with Crippen molar-refractivity contribution in [2.45, 2.75) is 26.5 Å². The van der Waals surface area contributed by atoms with E-state index in [0.29, 0.717) is 23.3 Å². The summed E-state index contributed by atoms with van der Waals surface area (Å²) >= 11 is 6.08. The smallest absolute Gasteiger partial charge is 0.193 e. The Kier molecular flexibility index (Phi) is 8.85. The number of hydrogen-bond donors (Lipinski definition) is 2. The standard InChI is InChI=1S/C18H22ClN3O2.HI/c1-12(2)24-15-7-4-13(5-8-15)11-21-18(20)22-14-6-9-17(23-3)16(19)10-14;/h4-10,12H,11H2,1-3H3,(H3,20,21,22);1H. The summed E-state index contributed by atoms with van der Waals surface area (Å²) in [4.78, 5) is 4.32. The Morgan fingerprint density at radius 1 is 1.20 bits per heavy atom. The molecule has 2 rings (SSSR count). The summed E-state index contributed by atoms with van der Waals surface area (Å²) in [6.45, 7) is 4.47. The number of halogens is 2. The maximum absolute atomic E-state index is 6.08. The van der Waals surface area contributed by atoms with Gasteiger partial charge in [-0.2, -0.15) is 0 Å². The number of hydrogen-bond acceptors (Lipinski definition) is 3. The summed E-state index contributed by atoms with van der Waals surface area (Å²) in [5.41, 5.74) is 7.71. The molecule has 0 unspecified atom stereocenters. The minimum absolute atomic E-state index is 0. The first-order chi connectivity index (χ1) is 11.5. The minimum Gasteiger partial charge on any atom is -0.495 e. The Balaban J connectivity index is 0.00000312. The van der Waals surface area contributed by atoms with Gasteiger partial charge in [0.25, 0.3) is 0 Å². The molecule has 0 aliphatic heterocycles. The van der Waals surface area contributed by atoms with Gasteiger partial charge in [-0.25, -0.2) is 4.99 Å². The van der Waals surface area contributed by atoms with E-state index in [1.807, 2.05) is 44.2 Å². The van der Waals surface area contributed by atoms with E-state index >= 15 is 0 Å². The van der Waals surface area contributed by atoms with Gasteiger partial charge in [0.2, 0.25) is 0 Å². The lowest BCUT2D eigenvalue weighted by molar-refractivity contribution is 0.242. The predicted octanol–water partition coefficient (Wildman–Crippen LogP) is 4.68. The fraction of sp³-hybridized carbons (Fsp3) is 0.278. The molecule has 2 aromatic rings. The Morgan fingerprint density at radius 3 is 2.44 bits per heavy atom. The van der Waals surface area contributed by atoms with Gasteiger partial charge in [0, 0.05) is 5.69 Å². The fourth-order valence-corrected chi connectivity index (χ4v) is 2.31. The normalized spacial score (nSPS) is 11.0. The van der Waals surface area contributed by atoms with Gasteiger partial charge in [-0.15, -0.1) is 24.0 Å². The van der Waals surface area contributed by atoms with Crippen LogP contribution in [0.15, 0.2) is 47.5 Å². The van der Waals surface area contributed by atoms with Crippen LogP contribution in [0.2, 0.25) is 5.02 Å². The minimum atomic E-state index is 0. The third-order valence-corrected chi connectivity index (χ3v) is 3.45. The molecule has 5 nitrogen and oxygen atoms in total. The van der Waals surface area contributed by atoms with E-state index in [2.05, 4.69) is 10.3 Å². The average molecular weight is 476 g/mol. The third kappa shape index (κ3) is 6.99. The summed E-state index contributed by atoms with van der Waals surface area (Å²) in [6.07, 6.45) is 0.157. The lowest BCUT2D eigenvalue weighted by Crippen LogP contribution is -2.22. The molecule has 0 radical (unpaired) electrons. The second-order valence-electron chi connectivity index (χ2n) is 5.49. The molecule has 3 N–H and O–H groups in total. The van der Waals surface area contributed by atoms with Crippen molar-refractivity contribution in [3.63, 3.8) is 0 Å². The van der Waals surface area contributed by atoms with E-state index in [-0.39, 0.29) is 30.1 Å². The van der Waals surface area contributed by atoms with E-state index in [1.165, 1.54) is 0 Å². The van der Waals surface area contributed by atoms with Crippen LogP contribution in [0.1, 0.15) is 19.4 Å². The number of anilines is 1. The molecule has 0 saturated heterocycles. The van der Waals surface area contributed by atoms with Crippen molar-refractivity contribution < 1.29 is 9.47 Å². The monoisotopic (exact) mass is 475 g/mol. The Morgan fingerprint density at radius 2 is 1.88 bits per heavy atom. The van der Waals surface area contributed by atoms with E-state index in [0.717, 1.165) is 17.0 Å². The van der Waals surface area contributed by atoms with Crippen molar-refractivity contribution in [2.24, 2.45) is 10.7 Å². The second-order valence-corrected chi connectivity index (χ2v) is 5.89. The molecule has 25 heavy (non-hydrogen) atoms. The highest BCUT2D eigenvalue weighted by Gasteiger charge is 2.03. The van der Waals surface area contributed by atoms with E-state index in [1.54, 1.807) is 19.2 Å². The lowest BCUT2D eigenvalue weighted by atomic mass is 10.2. The van der Waals surface area contributed by atoms with Crippen LogP contribution in [0.5, 0.6) is 11.5 Å². The number of nitrogens with zero attached hydrogens (tertiary/aromatic N) is 1. The Hall–Kier alpha value is -1.67. The highest BCUT2D eigenvalue weighted by Crippen LogP contribution is 2.27. The molecule has 0 amide bonds. The molecule has 0 aromatic heterocycles. The lowest BCUT2D eigenvalue weighted by Gasteiger charge is -2.10. The van der Waals surface area contributed by atoms with Crippen LogP contribution in [0.3, 0.4) is 0 Å². The number of nitrogens with two attached hydrogens (primary N) is 1. The molecule has 0 spiro atoms. The molecule has 0 heterocycles. The van der Waals surface area contributed by atoms with E-state index in [9.17, 15) is 0 Å². The number of aliphatic imine (C=N–C) groups is 1. The van der Waals surface area contributed by atoms with Gasteiger partial charge in [0.05, 0.1) is 24.8 Å². The highest BCUT2D eigenvalue weighted by molar-refractivity contribution is 14.0. The first-order valence-corrected chi connectivity index (χ1v) is 8.02. The van der Waals surface area contributed by atoms with Crippen molar-refractivity contribution in [1.82, 2.24) is 0 Å². The third-order valence-electron chi connectivity index (χ3n) is 3.15. The summed E-state index contributed by atoms with van der Waals surface area (Å²) in [5.74, 6) is 1.77. The molecule has 0 saturated carbocycles. The van der Waals surface area contributed by atoms with Crippen molar-refractivity contribution in [3.8, 4) is 11.5 Å². The maximum Gasteiger partial charge on any atom is 0.193 e. The molecule has 136 valence electrons. The van der Waals surface area contributed by atoms with Gasteiger partial charge in [-0.1, -0.05) is 23.7 Å². The number of guanidine groups is 1. The van der Waals surface area contributed by atoms with Crippen LogP contribution in [0, 0.1) is 0 Å². The molecule has 0 aliphatic rings. The molecule has 7 heteroatoms. The average Bonchev–Trinajstić information content (AvgIpc) is 2.54. The highest BCUT2D eigenvalue weighted by atomic mass is 127. The fourth-order valence-electron chi connectivity index (χ4n) is 2.05. The van der Waals surface area contributed by atoms with Crippen LogP contribution >= 0.6 is 35.6 Å².